The molecule has 1 fully saturated rings. The van der Waals surface area contributed by atoms with Crippen molar-refractivity contribution in [3.63, 3.8) is 0 Å². The van der Waals surface area contributed by atoms with Crippen LogP contribution in [-0.4, -0.2) is 51.8 Å². The highest BCUT2D eigenvalue weighted by molar-refractivity contribution is 7.91. The Hall–Kier alpha value is -3.64. The molecule has 1 aliphatic rings. The molecule has 3 aromatic carbocycles. The second-order valence-electron chi connectivity index (χ2n) is 10.6. The fourth-order valence-electron chi connectivity index (χ4n) is 5.06. The summed E-state index contributed by atoms with van der Waals surface area (Å²) in [7, 11) is -6.90. The fourth-order valence-corrected chi connectivity index (χ4v) is 6.97. The number of rotatable bonds is 11. The normalized spacial score (nSPS) is 15.2. The maximum Gasteiger partial charge on any atom is 0.306 e. The number of halogens is 1. The van der Waals surface area contributed by atoms with Gasteiger partial charge in [-0.2, -0.15) is 8.42 Å². The molecular weight excluding hydrogens is 585 g/mol. The van der Waals surface area contributed by atoms with Crippen molar-refractivity contribution in [2.24, 2.45) is 0 Å². The van der Waals surface area contributed by atoms with E-state index in [4.69, 9.17) is 14.0 Å². The van der Waals surface area contributed by atoms with Crippen molar-refractivity contribution < 1.29 is 40.0 Å². The van der Waals surface area contributed by atoms with Crippen LogP contribution in [0.3, 0.4) is 0 Å². The van der Waals surface area contributed by atoms with Gasteiger partial charge in [-0.3, -0.25) is 4.79 Å². The third-order valence-electron chi connectivity index (χ3n) is 7.01. The monoisotopic (exact) mass is 619 g/mol. The van der Waals surface area contributed by atoms with Gasteiger partial charge in [-0.15, -0.1) is 0 Å². The number of carboxylic acid groups (broad SMARTS) is 1. The van der Waals surface area contributed by atoms with Crippen molar-refractivity contribution in [2.45, 2.75) is 52.2 Å². The molecule has 0 spiro atoms. The largest absolute Gasteiger partial charge is 0.490 e. The first-order chi connectivity index (χ1) is 19.7. The van der Waals surface area contributed by atoms with Gasteiger partial charge in [0.05, 0.1) is 23.4 Å². The van der Waals surface area contributed by atoms with Gasteiger partial charge in [0, 0.05) is 19.0 Å². The third kappa shape index (κ3) is 8.45. The molecule has 0 aromatic heterocycles. The zero-order valence-corrected chi connectivity index (χ0v) is 25.3. The molecule has 0 unspecified atom stereocenters. The van der Waals surface area contributed by atoms with E-state index >= 15 is 0 Å². The minimum Gasteiger partial charge on any atom is -0.490 e. The number of benzene rings is 3. The SMILES string of the molecule is Cc1cc(OC2CCS(=O)(=O)CC2)cc(C)c1-c1cccc(CNc2cc(F)c(CCC(=O)O)cc2OS(C)(=O)=O)c1. The van der Waals surface area contributed by atoms with Crippen molar-refractivity contribution in [1.29, 1.82) is 0 Å². The van der Waals surface area contributed by atoms with Gasteiger partial charge in [-0.25, -0.2) is 12.8 Å². The molecular formula is C30H34FNO8S2. The Kier molecular flexibility index (Phi) is 9.47. The van der Waals surface area contributed by atoms with Crippen molar-refractivity contribution in [3.8, 4) is 22.6 Å². The van der Waals surface area contributed by atoms with Crippen LogP contribution in [0.5, 0.6) is 11.5 Å². The molecule has 12 heteroatoms. The van der Waals surface area contributed by atoms with E-state index < -0.39 is 31.7 Å². The first kappa shape index (κ1) is 31.3. The number of carbonyl (C=O) groups is 1. The van der Waals surface area contributed by atoms with E-state index in [2.05, 4.69) is 5.32 Å². The highest BCUT2D eigenvalue weighted by Crippen LogP contribution is 2.34. The highest BCUT2D eigenvalue weighted by Gasteiger charge is 2.25. The summed E-state index contributed by atoms with van der Waals surface area (Å²) < 4.78 is 73.1. The summed E-state index contributed by atoms with van der Waals surface area (Å²) >= 11 is 0. The van der Waals surface area contributed by atoms with Gasteiger partial charge in [0.1, 0.15) is 17.7 Å². The lowest BCUT2D eigenvalue weighted by Crippen LogP contribution is -2.30. The Bertz CT molecular complexity index is 1670. The van der Waals surface area contributed by atoms with Gasteiger partial charge in [-0.1, -0.05) is 18.2 Å². The van der Waals surface area contributed by atoms with Crippen LogP contribution >= 0.6 is 0 Å². The number of hydrogen-bond donors (Lipinski definition) is 2. The Morgan fingerprint density at radius 2 is 1.74 bits per heavy atom. The molecule has 0 amide bonds. The van der Waals surface area contributed by atoms with E-state index in [1.54, 1.807) is 0 Å². The van der Waals surface area contributed by atoms with E-state index in [0.717, 1.165) is 40.1 Å². The molecule has 1 aliphatic heterocycles. The molecule has 42 heavy (non-hydrogen) atoms. The van der Waals surface area contributed by atoms with E-state index in [-0.39, 0.29) is 54.0 Å². The molecule has 0 radical (unpaired) electrons. The van der Waals surface area contributed by atoms with E-state index in [9.17, 15) is 26.0 Å². The van der Waals surface area contributed by atoms with E-state index in [0.29, 0.717) is 18.6 Å². The average molecular weight is 620 g/mol. The lowest BCUT2D eigenvalue weighted by atomic mass is 9.94. The van der Waals surface area contributed by atoms with Gasteiger partial charge in [0.25, 0.3) is 0 Å². The summed E-state index contributed by atoms with van der Waals surface area (Å²) in [6, 6.07) is 13.9. The number of hydrogen-bond acceptors (Lipinski definition) is 8. The van der Waals surface area contributed by atoms with Gasteiger partial charge in [-0.05, 0) is 90.8 Å². The number of sulfone groups is 1. The van der Waals surface area contributed by atoms with Crippen molar-refractivity contribution in [1.82, 2.24) is 0 Å². The molecule has 0 bridgehead atoms. The summed E-state index contributed by atoms with van der Waals surface area (Å²) in [5.74, 6) is -0.916. The quantitative estimate of drug-likeness (QED) is 0.283. The topological polar surface area (TPSA) is 136 Å². The van der Waals surface area contributed by atoms with Crippen LogP contribution in [0.2, 0.25) is 0 Å². The number of ether oxygens (including phenoxy) is 1. The van der Waals surface area contributed by atoms with Gasteiger partial charge in [0.15, 0.2) is 15.6 Å². The molecule has 0 aliphatic carbocycles. The first-order valence-electron chi connectivity index (χ1n) is 13.4. The molecule has 3 aromatic rings. The van der Waals surface area contributed by atoms with Crippen molar-refractivity contribution >= 4 is 31.6 Å². The Labute approximate surface area is 245 Å². The predicted molar refractivity (Wildman–Crippen MR) is 159 cm³/mol. The maximum atomic E-state index is 14.8. The Morgan fingerprint density at radius 1 is 1.07 bits per heavy atom. The standard InChI is InChI=1S/C30H34FNO8S2/c1-19-13-25(39-24-9-11-42(37,38)12-10-24)14-20(2)30(19)23-6-4-5-21(15-23)18-32-27-17-26(31)22(7-8-29(33)34)16-28(27)40-41(3,35)36/h4-6,13-17,24,32H,7-12,18H2,1-3H3,(H,33,34). The lowest BCUT2D eigenvalue weighted by Gasteiger charge is -2.24. The zero-order chi connectivity index (χ0) is 30.7. The van der Waals surface area contributed by atoms with Crippen LogP contribution in [-0.2, 0) is 37.7 Å². The van der Waals surface area contributed by atoms with Gasteiger partial charge in [0.2, 0.25) is 0 Å². The highest BCUT2D eigenvalue weighted by atomic mass is 32.2. The van der Waals surface area contributed by atoms with E-state index in [1.807, 2.05) is 50.2 Å². The number of aliphatic carboxylic acids is 1. The zero-order valence-electron chi connectivity index (χ0n) is 23.6. The molecule has 0 saturated carbocycles. The summed E-state index contributed by atoms with van der Waals surface area (Å²) in [4.78, 5) is 10.9. The molecule has 226 valence electrons. The van der Waals surface area contributed by atoms with Crippen LogP contribution < -0.4 is 14.2 Å². The molecule has 1 saturated heterocycles. The summed E-state index contributed by atoms with van der Waals surface area (Å²) in [5, 5.41) is 12.0. The van der Waals surface area contributed by atoms with Crippen LogP contribution in [0, 0.1) is 19.7 Å². The van der Waals surface area contributed by atoms with E-state index in [1.165, 1.54) is 6.07 Å². The van der Waals surface area contributed by atoms with Gasteiger partial charge >= 0.3 is 16.1 Å². The first-order valence-corrected chi connectivity index (χ1v) is 17.1. The summed E-state index contributed by atoms with van der Waals surface area (Å²) in [5.41, 5.74) is 4.94. The summed E-state index contributed by atoms with van der Waals surface area (Å²) in [6.45, 7) is 4.19. The number of carboxylic acids is 1. The van der Waals surface area contributed by atoms with Crippen LogP contribution in [0.1, 0.15) is 41.5 Å². The molecule has 9 nitrogen and oxygen atoms in total. The molecule has 2 N–H and O–H groups in total. The number of aryl methyl sites for hydroxylation is 3. The average Bonchev–Trinajstić information content (AvgIpc) is 2.88. The Morgan fingerprint density at radius 3 is 2.36 bits per heavy atom. The fraction of sp³-hybridized carbons (Fsp3) is 0.367. The summed E-state index contributed by atoms with van der Waals surface area (Å²) in [6.07, 6.45) is 1.26. The second-order valence-corrected chi connectivity index (χ2v) is 14.5. The second kappa shape index (κ2) is 12.7. The predicted octanol–water partition coefficient (Wildman–Crippen LogP) is 5.03. The minimum atomic E-state index is -3.93. The smallest absolute Gasteiger partial charge is 0.306 e. The molecule has 1 heterocycles. The number of anilines is 1. The van der Waals surface area contributed by atoms with Crippen LogP contribution in [0.25, 0.3) is 11.1 Å². The minimum absolute atomic E-state index is 0.0375. The molecule has 4 rings (SSSR count). The van der Waals surface area contributed by atoms with Crippen molar-refractivity contribution in [3.05, 3.63) is 76.6 Å². The maximum absolute atomic E-state index is 14.8. The van der Waals surface area contributed by atoms with Crippen molar-refractivity contribution in [2.75, 3.05) is 23.1 Å². The van der Waals surface area contributed by atoms with Crippen LogP contribution in [0.15, 0.2) is 48.5 Å². The third-order valence-corrected chi connectivity index (χ3v) is 9.20. The van der Waals surface area contributed by atoms with Crippen LogP contribution in [0.4, 0.5) is 10.1 Å². The van der Waals surface area contributed by atoms with Gasteiger partial charge < -0.3 is 19.3 Å². The molecule has 0 atom stereocenters. The Balaban J connectivity index is 1.53. The number of nitrogens with one attached hydrogen (secondary N) is 1. The lowest BCUT2D eigenvalue weighted by molar-refractivity contribution is -0.136.